The number of anilines is 1. The van der Waals surface area contributed by atoms with E-state index in [1.807, 2.05) is 0 Å². The molecular formula is C13H14FN3O2S. The van der Waals surface area contributed by atoms with Gasteiger partial charge in [-0.1, -0.05) is 18.2 Å². The van der Waals surface area contributed by atoms with E-state index in [0.717, 1.165) is 22.8 Å². The molecule has 0 aliphatic heterocycles. The Bertz CT molecular complexity index is 719. The van der Waals surface area contributed by atoms with Crippen LogP contribution >= 0.6 is 0 Å². The molecule has 1 aromatic heterocycles. The standard InChI is InChI=1S/C13H14FN3O2S/c1-17(9-10-4-2-3-5-13(10)15)20(18,19)12-6-11(14)7-16-8-12/h2-8H,9,15H2,1H3. The first-order chi connectivity index (χ1) is 9.41. The van der Waals surface area contributed by atoms with Gasteiger partial charge in [0.2, 0.25) is 10.0 Å². The Labute approximate surface area is 116 Å². The van der Waals surface area contributed by atoms with Gasteiger partial charge in [0, 0.05) is 25.5 Å². The van der Waals surface area contributed by atoms with E-state index in [0.29, 0.717) is 11.3 Å². The van der Waals surface area contributed by atoms with E-state index >= 15 is 0 Å². The molecule has 0 amide bonds. The monoisotopic (exact) mass is 295 g/mol. The summed E-state index contributed by atoms with van der Waals surface area (Å²) in [4.78, 5) is 3.37. The average molecular weight is 295 g/mol. The number of sulfonamides is 1. The Morgan fingerprint density at radius 1 is 1.30 bits per heavy atom. The van der Waals surface area contributed by atoms with Gasteiger partial charge in [0.15, 0.2) is 0 Å². The molecule has 0 aliphatic carbocycles. The third-order valence-corrected chi connectivity index (χ3v) is 4.60. The first kappa shape index (κ1) is 14.4. The maximum atomic E-state index is 13.1. The molecule has 0 radical (unpaired) electrons. The molecule has 0 fully saturated rings. The number of halogens is 1. The zero-order valence-corrected chi connectivity index (χ0v) is 11.6. The van der Waals surface area contributed by atoms with Crippen molar-refractivity contribution >= 4 is 15.7 Å². The molecule has 20 heavy (non-hydrogen) atoms. The summed E-state index contributed by atoms with van der Waals surface area (Å²) in [7, 11) is -2.39. The van der Waals surface area contributed by atoms with Crippen LogP contribution in [0.2, 0.25) is 0 Å². The van der Waals surface area contributed by atoms with Crippen LogP contribution in [0.15, 0.2) is 47.6 Å². The highest BCUT2D eigenvalue weighted by Crippen LogP contribution is 2.19. The smallest absolute Gasteiger partial charge is 0.244 e. The predicted octanol–water partition coefficient (Wildman–Crippen LogP) is 1.62. The lowest BCUT2D eigenvalue weighted by Crippen LogP contribution is -2.27. The molecule has 5 nitrogen and oxygen atoms in total. The van der Waals surface area contributed by atoms with Crippen LogP contribution in [-0.4, -0.2) is 24.8 Å². The van der Waals surface area contributed by atoms with Crippen molar-refractivity contribution in [3.05, 3.63) is 54.1 Å². The average Bonchev–Trinajstić information content (AvgIpc) is 2.41. The lowest BCUT2D eigenvalue weighted by molar-refractivity contribution is 0.466. The number of nitrogens with zero attached hydrogens (tertiary/aromatic N) is 2. The summed E-state index contributed by atoms with van der Waals surface area (Å²) in [6.45, 7) is 0.103. The van der Waals surface area contributed by atoms with Gasteiger partial charge in [0.05, 0.1) is 6.20 Å². The van der Waals surface area contributed by atoms with Crippen LogP contribution in [0.25, 0.3) is 0 Å². The Hall–Kier alpha value is -1.99. The van der Waals surface area contributed by atoms with Crippen molar-refractivity contribution in [3.63, 3.8) is 0 Å². The van der Waals surface area contributed by atoms with E-state index in [-0.39, 0.29) is 11.4 Å². The predicted molar refractivity (Wildman–Crippen MR) is 73.7 cm³/mol. The van der Waals surface area contributed by atoms with Crippen LogP contribution < -0.4 is 5.73 Å². The minimum atomic E-state index is -3.80. The summed E-state index contributed by atoms with van der Waals surface area (Å²) >= 11 is 0. The second-order valence-corrected chi connectivity index (χ2v) is 6.34. The van der Waals surface area contributed by atoms with Crippen molar-refractivity contribution in [2.75, 3.05) is 12.8 Å². The SMILES string of the molecule is CN(Cc1ccccc1N)S(=O)(=O)c1cncc(F)c1. The van der Waals surface area contributed by atoms with E-state index in [1.165, 1.54) is 7.05 Å². The van der Waals surface area contributed by atoms with Crippen molar-refractivity contribution in [2.24, 2.45) is 0 Å². The van der Waals surface area contributed by atoms with Gasteiger partial charge < -0.3 is 5.73 Å². The van der Waals surface area contributed by atoms with E-state index in [9.17, 15) is 12.8 Å². The molecule has 7 heteroatoms. The molecule has 0 unspecified atom stereocenters. The molecule has 1 heterocycles. The van der Waals surface area contributed by atoms with Gasteiger partial charge in [-0.2, -0.15) is 4.31 Å². The Morgan fingerprint density at radius 3 is 2.65 bits per heavy atom. The number of hydrogen-bond donors (Lipinski definition) is 1. The topological polar surface area (TPSA) is 76.3 Å². The molecule has 106 valence electrons. The number of aromatic nitrogens is 1. The van der Waals surface area contributed by atoms with Crippen molar-refractivity contribution in [1.29, 1.82) is 0 Å². The molecule has 2 rings (SSSR count). The van der Waals surface area contributed by atoms with Crippen molar-refractivity contribution in [1.82, 2.24) is 9.29 Å². The molecular weight excluding hydrogens is 281 g/mol. The maximum Gasteiger partial charge on any atom is 0.244 e. The second-order valence-electron chi connectivity index (χ2n) is 4.30. The second kappa shape index (κ2) is 5.56. The number of nitrogen functional groups attached to an aromatic ring is 1. The minimum absolute atomic E-state index is 0.103. The first-order valence-electron chi connectivity index (χ1n) is 5.81. The van der Waals surface area contributed by atoms with Gasteiger partial charge in [0.1, 0.15) is 10.7 Å². The number of rotatable bonds is 4. The van der Waals surface area contributed by atoms with Gasteiger partial charge in [-0.15, -0.1) is 0 Å². The minimum Gasteiger partial charge on any atom is -0.398 e. The number of nitrogens with two attached hydrogens (primary N) is 1. The highest BCUT2D eigenvalue weighted by molar-refractivity contribution is 7.89. The molecule has 2 aromatic rings. The maximum absolute atomic E-state index is 13.1. The van der Waals surface area contributed by atoms with E-state index in [4.69, 9.17) is 5.73 Å². The summed E-state index contributed by atoms with van der Waals surface area (Å²) in [6, 6.07) is 7.91. The van der Waals surface area contributed by atoms with E-state index in [1.54, 1.807) is 24.3 Å². The third kappa shape index (κ3) is 2.94. The summed E-state index contributed by atoms with van der Waals surface area (Å²) in [5.74, 6) is -0.696. The van der Waals surface area contributed by atoms with Crippen LogP contribution in [0, 0.1) is 5.82 Å². The zero-order valence-electron chi connectivity index (χ0n) is 10.8. The van der Waals surface area contributed by atoms with Crippen LogP contribution in [0.3, 0.4) is 0 Å². The van der Waals surface area contributed by atoms with Gasteiger partial charge >= 0.3 is 0 Å². The zero-order chi connectivity index (χ0) is 14.8. The molecule has 0 spiro atoms. The summed E-state index contributed by atoms with van der Waals surface area (Å²) < 4.78 is 38.7. The number of hydrogen-bond acceptors (Lipinski definition) is 4. The van der Waals surface area contributed by atoms with Gasteiger partial charge in [-0.3, -0.25) is 4.98 Å². The highest BCUT2D eigenvalue weighted by Gasteiger charge is 2.22. The fraction of sp³-hybridized carbons (Fsp3) is 0.154. The quantitative estimate of drug-likeness (QED) is 0.870. The van der Waals surface area contributed by atoms with Gasteiger partial charge in [0.25, 0.3) is 0 Å². The summed E-state index contributed by atoms with van der Waals surface area (Å²) in [6.07, 6.45) is 2.07. The third-order valence-electron chi connectivity index (χ3n) is 2.84. The Kier molecular flexibility index (Phi) is 4.01. The Balaban J connectivity index is 2.29. The molecule has 0 saturated carbocycles. The lowest BCUT2D eigenvalue weighted by atomic mass is 10.2. The fourth-order valence-electron chi connectivity index (χ4n) is 1.72. The van der Waals surface area contributed by atoms with Crippen LogP contribution in [0.1, 0.15) is 5.56 Å². The molecule has 0 aliphatic rings. The lowest BCUT2D eigenvalue weighted by Gasteiger charge is -2.18. The molecule has 2 N–H and O–H groups in total. The van der Waals surface area contributed by atoms with E-state index < -0.39 is 15.8 Å². The van der Waals surface area contributed by atoms with E-state index in [2.05, 4.69) is 4.98 Å². The number of pyridine rings is 1. The van der Waals surface area contributed by atoms with Crippen molar-refractivity contribution in [3.8, 4) is 0 Å². The number of para-hydroxylation sites is 1. The normalized spacial score (nSPS) is 11.8. The van der Waals surface area contributed by atoms with Crippen LogP contribution in [0.4, 0.5) is 10.1 Å². The first-order valence-corrected chi connectivity index (χ1v) is 7.25. The fourth-order valence-corrected chi connectivity index (χ4v) is 2.84. The highest BCUT2D eigenvalue weighted by atomic mass is 32.2. The molecule has 1 aromatic carbocycles. The molecule has 0 bridgehead atoms. The molecule has 0 saturated heterocycles. The summed E-state index contributed by atoms with van der Waals surface area (Å²) in [5, 5.41) is 0. The van der Waals surface area contributed by atoms with Crippen LogP contribution in [0.5, 0.6) is 0 Å². The van der Waals surface area contributed by atoms with Gasteiger partial charge in [-0.25, -0.2) is 12.8 Å². The Morgan fingerprint density at radius 2 is 2.00 bits per heavy atom. The molecule has 0 atom stereocenters. The van der Waals surface area contributed by atoms with Crippen LogP contribution in [-0.2, 0) is 16.6 Å². The van der Waals surface area contributed by atoms with Crippen molar-refractivity contribution < 1.29 is 12.8 Å². The van der Waals surface area contributed by atoms with Crippen molar-refractivity contribution in [2.45, 2.75) is 11.4 Å². The number of benzene rings is 1. The van der Waals surface area contributed by atoms with Gasteiger partial charge in [-0.05, 0) is 17.7 Å². The largest absolute Gasteiger partial charge is 0.398 e. The summed E-state index contributed by atoms with van der Waals surface area (Å²) in [5.41, 5.74) is 6.97.